The molecule has 29 heteroatoms. The summed E-state index contributed by atoms with van der Waals surface area (Å²) in [7, 11) is 12.8. The second-order valence-corrected chi connectivity index (χ2v) is 22.7. The van der Waals surface area contributed by atoms with E-state index in [2.05, 4.69) is 49.7 Å². The van der Waals surface area contributed by atoms with Gasteiger partial charge >= 0.3 is 11.9 Å². The predicted octanol–water partition coefficient (Wildman–Crippen LogP) is 12.6. The lowest BCUT2D eigenvalue weighted by atomic mass is 10.1. The zero-order valence-corrected chi connectivity index (χ0v) is 60.2. The topological polar surface area (TPSA) is 301 Å². The number of carboxylic acid groups (broad SMARTS) is 2. The second-order valence-electron chi connectivity index (χ2n) is 21.5. The van der Waals surface area contributed by atoms with E-state index in [-0.39, 0.29) is 15.8 Å². The third-order valence-electron chi connectivity index (χ3n) is 14.6. The Morgan fingerprint density at radius 2 is 0.931 bits per heavy atom. The Morgan fingerprint density at radius 1 is 0.529 bits per heavy atom. The van der Waals surface area contributed by atoms with E-state index >= 15 is 0 Å². The molecule has 3 fully saturated rings. The van der Waals surface area contributed by atoms with E-state index in [9.17, 15) is 14.4 Å². The highest BCUT2D eigenvalue weighted by atomic mass is 35.5. The molecule has 25 nitrogen and oxygen atoms in total. The summed E-state index contributed by atoms with van der Waals surface area (Å²) in [6, 6.07) is 37.5. The number of nitrogens with one attached hydrogen (secondary N) is 2. The smallest absolute Gasteiger partial charge is 0.314 e. The van der Waals surface area contributed by atoms with Gasteiger partial charge in [-0.1, -0.05) is 95.8 Å². The minimum absolute atomic E-state index is 0. The fraction of sp³-hybridized carbons (Fsp3) is 0.329. The Hall–Kier alpha value is -9.80. The van der Waals surface area contributed by atoms with Gasteiger partial charge in [0.25, 0.3) is 0 Å². The van der Waals surface area contributed by atoms with Gasteiger partial charge in [-0.25, -0.2) is 15.0 Å². The van der Waals surface area contributed by atoms with Crippen LogP contribution >= 0.6 is 34.8 Å². The largest absolute Gasteiger partial charge is 0.493 e. The SMILES string of the molecule is C.C1COCCN1.COc1cc2nc(Cl)cc(Cl)c2cc1OC.COc1cc2nc(N3CCOCC3)cc(Cl)c2cc1OC.COc1cc2nc(N3CCOCC3)cc(N/N=C/c3cccc(C)c3)c2cc1OC.COc1ccc(N)cc1OC.Cc1cccc(C=O)c1.O=C(O)CC(=O)O.[B]. The molecule has 6 N–H and O–H groups in total. The number of hydrogen-bond acceptors (Lipinski definition) is 23. The summed E-state index contributed by atoms with van der Waals surface area (Å²) in [5.41, 5.74) is 16.6. The molecule has 3 aromatic heterocycles. The Bertz CT molecular complexity index is 4140. The molecule has 545 valence electrons. The minimum Gasteiger partial charge on any atom is -0.493 e. The number of hydrogen-bond donors (Lipinski definition) is 5. The van der Waals surface area contributed by atoms with Crippen LogP contribution < -0.4 is 64.2 Å². The predicted molar refractivity (Wildman–Crippen MR) is 405 cm³/mol. The van der Waals surface area contributed by atoms with E-state index < -0.39 is 18.4 Å². The molecule has 3 radical (unpaired) electrons. The number of halogens is 3. The summed E-state index contributed by atoms with van der Waals surface area (Å²) in [4.78, 5) is 47.1. The zero-order valence-electron chi connectivity index (χ0n) is 58.0. The Kier molecular flexibility index (Phi) is 36.9. The molecule has 0 atom stereocenters. The third-order valence-corrected chi connectivity index (χ3v) is 15.4. The number of carboxylic acids is 2. The van der Waals surface area contributed by atoms with Gasteiger partial charge in [0, 0.05) is 105 Å². The molecule has 102 heavy (non-hydrogen) atoms. The molecule has 9 aromatic rings. The molecule has 0 aliphatic carbocycles. The van der Waals surface area contributed by atoms with Crippen molar-refractivity contribution in [2.45, 2.75) is 27.7 Å². The van der Waals surface area contributed by atoms with Crippen molar-refractivity contribution >= 4 is 123 Å². The van der Waals surface area contributed by atoms with Gasteiger partial charge in [0.1, 0.15) is 29.5 Å². The number of rotatable bonds is 16. The lowest BCUT2D eigenvalue weighted by Gasteiger charge is -2.28. The zero-order chi connectivity index (χ0) is 72.5. The van der Waals surface area contributed by atoms with Crippen molar-refractivity contribution in [3.8, 4) is 46.0 Å². The van der Waals surface area contributed by atoms with Crippen LogP contribution in [-0.4, -0.2) is 194 Å². The van der Waals surface area contributed by atoms with Gasteiger partial charge in [-0.05, 0) is 67.9 Å². The van der Waals surface area contributed by atoms with Crippen molar-refractivity contribution < 1.29 is 76.7 Å². The number of aryl methyl sites for hydroxylation is 2. The van der Waals surface area contributed by atoms with Crippen LogP contribution in [0.4, 0.5) is 23.0 Å². The summed E-state index contributed by atoms with van der Waals surface area (Å²) >= 11 is 18.3. The van der Waals surface area contributed by atoms with Gasteiger partial charge in [-0.15, -0.1) is 0 Å². The molecule has 12 rings (SSSR count). The first-order valence-electron chi connectivity index (χ1n) is 31.2. The Morgan fingerprint density at radius 3 is 1.34 bits per heavy atom. The number of pyridine rings is 3. The van der Waals surface area contributed by atoms with Gasteiger partial charge in [-0.3, -0.25) is 19.8 Å². The van der Waals surface area contributed by atoms with Crippen LogP contribution in [0.2, 0.25) is 15.2 Å². The van der Waals surface area contributed by atoms with Crippen molar-refractivity contribution in [2.24, 2.45) is 5.10 Å². The van der Waals surface area contributed by atoms with Gasteiger partial charge < -0.3 is 83.2 Å². The van der Waals surface area contributed by atoms with Crippen molar-refractivity contribution in [3.63, 3.8) is 0 Å². The number of aliphatic carboxylic acids is 2. The standard InChI is InChI=1S/C23H26N4O3.C15H17ClN2O3.C11H9Cl2NO2.C8H11NO2.C8H8O.C4H9NO.C3H4O4.CH4.B/c1-16-5-4-6-17(11-16)15-24-26-20-14-23(27-7-9-30-10-8-27)25-19-13-22(29-3)21(28-2)12-18(19)20;1-19-13-7-10-11(16)8-15(18-3-5-21-6-4-18)17-12(10)9-14(13)20-2;1-15-9-3-6-7(12)4-11(13)14-8(6)5-10(9)16-2;1-10-7-4-3-6(9)5-8(7)11-2;1-7-3-2-4-8(5-7)6-9;1-3-6-4-2-5-1;4-2(5)1-3(6)7;;/h4-6,11-15H,7-10H2,1-3H3,(H,25,26);7-9H,3-6H2,1-2H3;3-5H,1-2H3;3-5H,9H2,1-2H3;2-6H,1H3;5H,1-4H2;1H2,(H,4,5)(H,6,7);1H4;/b24-15+;;;;;;;;. The molecule has 0 spiro atoms. The Balaban J connectivity index is 0.000000269. The second kappa shape index (κ2) is 44.5. The molecule has 3 aliphatic heterocycles. The van der Waals surface area contributed by atoms with Crippen LogP contribution in [0.15, 0.2) is 126 Å². The van der Waals surface area contributed by atoms with E-state index in [0.717, 1.165) is 120 Å². The summed E-state index contributed by atoms with van der Waals surface area (Å²) in [5.74, 6) is 4.27. The van der Waals surface area contributed by atoms with E-state index in [1.165, 1.54) is 5.56 Å². The number of nitrogen functional groups attached to an aromatic ring is 1. The average Bonchev–Trinajstić information content (AvgIpc) is 0.788. The number of aldehydes is 1. The van der Waals surface area contributed by atoms with Gasteiger partial charge in [0.2, 0.25) is 0 Å². The van der Waals surface area contributed by atoms with Crippen molar-refractivity contribution in [1.82, 2.24) is 20.3 Å². The van der Waals surface area contributed by atoms with Crippen molar-refractivity contribution in [2.75, 3.05) is 157 Å². The normalized spacial score (nSPS) is 12.8. The van der Waals surface area contributed by atoms with Crippen LogP contribution in [0.3, 0.4) is 0 Å². The van der Waals surface area contributed by atoms with Crippen LogP contribution in [0.5, 0.6) is 46.0 Å². The summed E-state index contributed by atoms with van der Waals surface area (Å²) in [6.07, 6.45) is 1.86. The van der Waals surface area contributed by atoms with Gasteiger partial charge in [-0.2, -0.15) is 5.10 Å². The molecule has 0 saturated carbocycles. The van der Waals surface area contributed by atoms with Crippen molar-refractivity contribution in [3.05, 3.63) is 159 Å². The van der Waals surface area contributed by atoms with Crippen LogP contribution in [0.1, 0.15) is 40.9 Å². The molecular formula is C73H88BCl3N9O16. The number of carbonyl (C=O) groups is 3. The van der Waals surface area contributed by atoms with E-state index in [0.29, 0.717) is 98.8 Å². The molecule has 6 aromatic carbocycles. The molecule has 0 amide bonds. The van der Waals surface area contributed by atoms with Crippen LogP contribution in [-0.2, 0) is 23.8 Å². The number of hydrazone groups is 1. The number of nitrogens with two attached hydrogens (primary N) is 1. The molecule has 0 bridgehead atoms. The quantitative estimate of drug-likeness (QED) is 0.0114. The lowest BCUT2D eigenvalue weighted by Crippen LogP contribution is -2.36. The first kappa shape index (κ1) is 84.6. The molecular weight excluding hydrogens is 1380 g/mol. The number of ether oxygens (including phenoxy) is 11. The number of carbonyl (C=O) groups excluding carboxylic acids is 1. The summed E-state index contributed by atoms with van der Waals surface area (Å²) in [5, 5.41) is 27.1. The lowest BCUT2D eigenvalue weighted by molar-refractivity contribution is -0.147. The van der Waals surface area contributed by atoms with Gasteiger partial charge in [0.15, 0.2) is 46.0 Å². The fourth-order valence-corrected chi connectivity index (χ4v) is 10.4. The number of nitrogens with zero attached hydrogens (tertiary/aromatic N) is 6. The highest BCUT2D eigenvalue weighted by molar-refractivity contribution is 6.38. The third kappa shape index (κ3) is 26.3. The maximum Gasteiger partial charge on any atom is 0.314 e. The average molecular weight is 1460 g/mol. The van der Waals surface area contributed by atoms with Gasteiger partial charge in [0.05, 0.1) is 135 Å². The first-order valence-corrected chi connectivity index (χ1v) is 32.3. The molecule has 6 heterocycles. The maximum absolute atomic E-state index is 10.2. The van der Waals surface area contributed by atoms with E-state index in [1.807, 2.05) is 79.9 Å². The maximum atomic E-state index is 10.2. The fourth-order valence-electron chi connectivity index (χ4n) is 9.69. The highest BCUT2D eigenvalue weighted by Crippen LogP contribution is 2.39. The number of aromatic nitrogens is 3. The Labute approximate surface area is 611 Å². The number of morpholine rings is 3. The molecule has 0 unspecified atom stereocenters. The van der Waals surface area contributed by atoms with Crippen molar-refractivity contribution in [1.29, 1.82) is 0 Å². The van der Waals surface area contributed by atoms with E-state index in [1.54, 1.807) is 99.3 Å². The summed E-state index contributed by atoms with van der Waals surface area (Å²) < 4.78 is 57.8. The monoisotopic (exact) mass is 1460 g/mol. The first-order chi connectivity index (χ1) is 48.3. The molecule has 3 saturated heterocycles. The van der Waals surface area contributed by atoms with E-state index in [4.69, 9.17) is 113 Å². The number of fused-ring (bicyclic) bond motifs is 3. The number of methoxy groups -OCH3 is 8. The summed E-state index contributed by atoms with van der Waals surface area (Å²) in [6.45, 7) is 13.9. The number of anilines is 4. The highest BCUT2D eigenvalue weighted by Gasteiger charge is 2.20. The molecule has 3 aliphatic rings. The van der Waals surface area contributed by atoms with Crippen LogP contribution in [0, 0.1) is 13.8 Å². The number of benzene rings is 6. The van der Waals surface area contributed by atoms with Crippen LogP contribution in [0.25, 0.3) is 32.7 Å². The minimum atomic E-state index is -1.31.